The average molecular weight is 373 g/mol. The summed E-state index contributed by atoms with van der Waals surface area (Å²) in [5, 5.41) is 13.1. The van der Waals surface area contributed by atoms with E-state index in [2.05, 4.69) is 55.1 Å². The number of aromatic nitrogens is 4. The quantitative estimate of drug-likeness (QED) is 0.395. The molecule has 0 amide bonds. The third kappa shape index (κ3) is 7.24. The van der Waals surface area contributed by atoms with Crippen molar-refractivity contribution in [3.05, 3.63) is 24.3 Å². The van der Waals surface area contributed by atoms with Gasteiger partial charge in [-0.1, -0.05) is 33.1 Å². The molecule has 2 heterocycles. The maximum Gasteiger partial charge on any atom is 0.169 e. The van der Waals surface area contributed by atoms with E-state index in [1.54, 1.807) is 12.4 Å². The topological polar surface area (TPSA) is 99.7 Å². The third-order valence-electron chi connectivity index (χ3n) is 4.05. The molecule has 0 aromatic carbocycles. The zero-order valence-electron chi connectivity index (χ0n) is 16.7. The average Bonchev–Trinajstić information content (AvgIpc) is 2.70. The first-order valence-electron chi connectivity index (χ1n) is 9.85. The highest BCUT2D eigenvalue weighted by Gasteiger charge is 2.07. The van der Waals surface area contributed by atoms with Gasteiger partial charge >= 0.3 is 0 Å². The Labute approximate surface area is 162 Å². The summed E-state index contributed by atoms with van der Waals surface area (Å²) in [4.78, 5) is 17.9. The SMILES string of the molecule is CCCCCNc1cc(NC)nc(CNc2nccnc2NCCCC)n1. The van der Waals surface area contributed by atoms with Crippen molar-refractivity contribution in [2.24, 2.45) is 0 Å². The van der Waals surface area contributed by atoms with Crippen LogP contribution in [0.3, 0.4) is 0 Å². The summed E-state index contributed by atoms with van der Waals surface area (Å²) in [6, 6.07) is 1.93. The van der Waals surface area contributed by atoms with Gasteiger partial charge in [0.15, 0.2) is 17.5 Å². The van der Waals surface area contributed by atoms with Crippen LogP contribution in [-0.2, 0) is 6.54 Å². The molecule has 0 atom stereocenters. The van der Waals surface area contributed by atoms with Gasteiger partial charge in [-0.25, -0.2) is 19.9 Å². The first-order valence-corrected chi connectivity index (χ1v) is 9.85. The van der Waals surface area contributed by atoms with Crippen LogP contribution in [0.15, 0.2) is 18.5 Å². The molecule has 4 N–H and O–H groups in total. The molecule has 0 fully saturated rings. The van der Waals surface area contributed by atoms with E-state index in [9.17, 15) is 0 Å². The Balaban J connectivity index is 2.00. The number of nitrogens with zero attached hydrogens (tertiary/aromatic N) is 4. The van der Waals surface area contributed by atoms with Crippen LogP contribution in [0, 0.1) is 0 Å². The lowest BCUT2D eigenvalue weighted by Crippen LogP contribution is -2.13. The molecule has 0 unspecified atom stereocenters. The van der Waals surface area contributed by atoms with Crippen molar-refractivity contribution in [2.75, 3.05) is 41.4 Å². The molecule has 0 radical (unpaired) electrons. The van der Waals surface area contributed by atoms with E-state index in [1.165, 1.54) is 12.8 Å². The van der Waals surface area contributed by atoms with Crippen LogP contribution in [0.25, 0.3) is 0 Å². The highest BCUT2D eigenvalue weighted by molar-refractivity contribution is 5.58. The highest BCUT2D eigenvalue weighted by atomic mass is 15.1. The van der Waals surface area contributed by atoms with Gasteiger partial charge in [0, 0.05) is 38.6 Å². The van der Waals surface area contributed by atoms with E-state index in [1.807, 2.05) is 13.1 Å². The minimum atomic E-state index is 0.473. The van der Waals surface area contributed by atoms with Crippen molar-refractivity contribution < 1.29 is 0 Å². The molecule has 2 aromatic heterocycles. The molecule has 0 saturated heterocycles. The lowest BCUT2D eigenvalue weighted by Gasteiger charge is -2.13. The molecule has 0 aliphatic heterocycles. The summed E-state index contributed by atoms with van der Waals surface area (Å²) in [5.41, 5.74) is 0. The van der Waals surface area contributed by atoms with Gasteiger partial charge in [0.05, 0.1) is 6.54 Å². The standard InChI is InChI=1S/C19H32N8/c1-4-6-8-10-21-16-13-15(20-3)26-17(27-16)14-25-19-18(22-9-7-5-2)23-11-12-24-19/h11-13H,4-10,14H2,1-3H3,(H,22,23)(H,24,25)(H2,20,21,26,27). The number of nitrogens with one attached hydrogen (secondary N) is 4. The van der Waals surface area contributed by atoms with Crippen LogP contribution in [0.1, 0.15) is 51.8 Å². The molecular weight excluding hydrogens is 340 g/mol. The zero-order valence-corrected chi connectivity index (χ0v) is 16.7. The number of unbranched alkanes of at least 4 members (excludes halogenated alkanes) is 3. The van der Waals surface area contributed by atoms with Gasteiger partial charge in [-0.3, -0.25) is 0 Å². The summed E-state index contributed by atoms with van der Waals surface area (Å²) in [7, 11) is 1.86. The Morgan fingerprint density at radius 1 is 0.778 bits per heavy atom. The first-order chi connectivity index (χ1) is 13.3. The number of hydrogen-bond donors (Lipinski definition) is 4. The zero-order chi connectivity index (χ0) is 19.3. The monoisotopic (exact) mass is 372 g/mol. The lowest BCUT2D eigenvalue weighted by molar-refractivity contribution is 0.741. The predicted octanol–water partition coefficient (Wildman–Crippen LogP) is 3.73. The molecule has 8 heteroatoms. The van der Waals surface area contributed by atoms with Crippen LogP contribution < -0.4 is 21.3 Å². The van der Waals surface area contributed by atoms with Gasteiger partial charge in [-0.15, -0.1) is 0 Å². The molecule has 148 valence electrons. The van der Waals surface area contributed by atoms with Gasteiger partial charge < -0.3 is 21.3 Å². The van der Waals surface area contributed by atoms with Gasteiger partial charge in [0.2, 0.25) is 0 Å². The second kappa shape index (κ2) is 11.9. The Hall–Kier alpha value is -2.64. The normalized spacial score (nSPS) is 10.5. The van der Waals surface area contributed by atoms with Crippen molar-refractivity contribution in [1.82, 2.24) is 19.9 Å². The molecule has 2 rings (SSSR count). The maximum absolute atomic E-state index is 4.61. The Kier molecular flexibility index (Phi) is 9.09. The molecule has 27 heavy (non-hydrogen) atoms. The van der Waals surface area contributed by atoms with Crippen LogP contribution in [-0.4, -0.2) is 40.1 Å². The van der Waals surface area contributed by atoms with E-state index in [4.69, 9.17) is 0 Å². The summed E-state index contributed by atoms with van der Waals surface area (Å²) in [5.74, 6) is 3.80. The Bertz CT molecular complexity index is 677. The molecule has 0 aliphatic rings. The van der Waals surface area contributed by atoms with Crippen LogP contribution >= 0.6 is 0 Å². The molecule has 0 bridgehead atoms. The molecule has 0 aliphatic carbocycles. The lowest BCUT2D eigenvalue weighted by atomic mass is 10.2. The number of hydrogen-bond acceptors (Lipinski definition) is 8. The molecule has 0 spiro atoms. The van der Waals surface area contributed by atoms with Crippen LogP contribution in [0.2, 0.25) is 0 Å². The van der Waals surface area contributed by atoms with E-state index in [0.29, 0.717) is 18.2 Å². The fraction of sp³-hybridized carbons (Fsp3) is 0.579. The molecule has 0 saturated carbocycles. The Morgan fingerprint density at radius 3 is 2.15 bits per heavy atom. The van der Waals surface area contributed by atoms with E-state index in [-0.39, 0.29) is 0 Å². The smallest absolute Gasteiger partial charge is 0.169 e. The van der Waals surface area contributed by atoms with Crippen LogP contribution in [0.5, 0.6) is 0 Å². The van der Waals surface area contributed by atoms with Gasteiger partial charge in [0.1, 0.15) is 11.6 Å². The second-order valence-electron chi connectivity index (χ2n) is 6.33. The maximum atomic E-state index is 4.61. The van der Waals surface area contributed by atoms with Crippen molar-refractivity contribution in [2.45, 2.75) is 52.5 Å². The van der Waals surface area contributed by atoms with Crippen molar-refractivity contribution in [3.8, 4) is 0 Å². The first kappa shape index (κ1) is 20.7. The molecule has 2 aromatic rings. The summed E-state index contributed by atoms with van der Waals surface area (Å²) in [6.45, 7) is 6.63. The number of rotatable bonds is 13. The minimum absolute atomic E-state index is 0.473. The summed E-state index contributed by atoms with van der Waals surface area (Å²) < 4.78 is 0. The third-order valence-corrected chi connectivity index (χ3v) is 4.05. The minimum Gasteiger partial charge on any atom is -0.373 e. The molecular formula is C19H32N8. The van der Waals surface area contributed by atoms with Gasteiger partial charge in [-0.05, 0) is 12.8 Å². The summed E-state index contributed by atoms with van der Waals surface area (Å²) in [6.07, 6.45) is 9.15. The molecule has 8 nitrogen and oxygen atoms in total. The Morgan fingerprint density at radius 2 is 1.44 bits per heavy atom. The van der Waals surface area contributed by atoms with E-state index in [0.717, 1.165) is 49.8 Å². The largest absolute Gasteiger partial charge is 0.373 e. The highest BCUT2D eigenvalue weighted by Crippen LogP contribution is 2.17. The van der Waals surface area contributed by atoms with Crippen molar-refractivity contribution in [3.63, 3.8) is 0 Å². The fourth-order valence-electron chi connectivity index (χ4n) is 2.53. The van der Waals surface area contributed by atoms with E-state index < -0.39 is 0 Å². The van der Waals surface area contributed by atoms with Crippen molar-refractivity contribution >= 4 is 23.3 Å². The van der Waals surface area contributed by atoms with Gasteiger partial charge in [0.25, 0.3) is 0 Å². The predicted molar refractivity (Wildman–Crippen MR) is 112 cm³/mol. The summed E-state index contributed by atoms with van der Waals surface area (Å²) >= 11 is 0. The van der Waals surface area contributed by atoms with Crippen LogP contribution in [0.4, 0.5) is 23.3 Å². The van der Waals surface area contributed by atoms with Crippen molar-refractivity contribution in [1.29, 1.82) is 0 Å². The van der Waals surface area contributed by atoms with E-state index >= 15 is 0 Å². The van der Waals surface area contributed by atoms with Gasteiger partial charge in [-0.2, -0.15) is 0 Å². The second-order valence-corrected chi connectivity index (χ2v) is 6.33. The fourth-order valence-corrected chi connectivity index (χ4v) is 2.53. The number of anilines is 4.